The normalized spacial score (nSPS) is 17.7. The van der Waals surface area contributed by atoms with Gasteiger partial charge in [0.2, 0.25) is 0 Å². The summed E-state index contributed by atoms with van der Waals surface area (Å²) >= 11 is 0. The van der Waals surface area contributed by atoms with E-state index in [1.54, 1.807) is 0 Å². The van der Waals surface area contributed by atoms with Crippen molar-refractivity contribution in [1.29, 1.82) is 0 Å². The van der Waals surface area contributed by atoms with E-state index < -0.39 is 0 Å². The van der Waals surface area contributed by atoms with Gasteiger partial charge in [-0.2, -0.15) is 0 Å². The van der Waals surface area contributed by atoms with Gasteiger partial charge in [-0.25, -0.2) is 9.59 Å². The Labute approximate surface area is 189 Å². The number of carbonyl (C=O) groups excluding carboxylic acids is 2. The second-order valence-electron chi connectivity index (χ2n) is 8.55. The Balaban J connectivity index is 1.30. The molecule has 0 bridgehead atoms. The molecule has 8 heteroatoms. The number of aryl methyl sites for hydroxylation is 2. The third-order valence-corrected chi connectivity index (χ3v) is 5.74. The molecule has 4 amide bonds. The maximum atomic E-state index is 12.1. The quantitative estimate of drug-likeness (QED) is 0.350. The molecule has 0 spiro atoms. The third kappa shape index (κ3) is 8.02. The molecule has 32 heavy (non-hydrogen) atoms. The van der Waals surface area contributed by atoms with Crippen LogP contribution in [0.5, 0.6) is 0 Å². The van der Waals surface area contributed by atoms with Crippen LogP contribution < -0.4 is 32.3 Å². The minimum atomic E-state index is -0.243. The number of urea groups is 2. The van der Waals surface area contributed by atoms with Gasteiger partial charge in [0.05, 0.1) is 11.4 Å². The number of hydrazine groups is 2. The monoisotopic (exact) mass is 438 g/mol. The highest BCUT2D eigenvalue weighted by Gasteiger charge is 2.22. The third-order valence-electron chi connectivity index (χ3n) is 5.74. The number of amides is 4. The molecular weight excluding hydrogens is 404 g/mol. The first-order chi connectivity index (χ1) is 15.5. The number of rotatable bonds is 8. The van der Waals surface area contributed by atoms with Crippen LogP contribution in [0, 0.1) is 25.7 Å². The molecule has 0 aromatic heterocycles. The summed E-state index contributed by atoms with van der Waals surface area (Å²) in [6.45, 7) is 5.29. The molecule has 2 atom stereocenters. The highest BCUT2D eigenvalue weighted by atomic mass is 16.2. The lowest BCUT2D eigenvalue weighted by Gasteiger charge is -2.29. The highest BCUT2D eigenvalue weighted by Crippen LogP contribution is 2.28. The molecule has 0 radical (unpaired) electrons. The lowest BCUT2D eigenvalue weighted by molar-refractivity contribution is 0.223. The van der Waals surface area contributed by atoms with Gasteiger partial charge in [0.25, 0.3) is 0 Å². The zero-order chi connectivity index (χ0) is 22.8. The summed E-state index contributed by atoms with van der Waals surface area (Å²) in [6.07, 6.45) is 4.26. The first kappa shape index (κ1) is 23.2. The molecule has 1 aliphatic carbocycles. The van der Waals surface area contributed by atoms with Gasteiger partial charge in [0, 0.05) is 13.1 Å². The smallest absolute Gasteiger partial charge is 0.333 e. The van der Waals surface area contributed by atoms with Crippen LogP contribution in [0.25, 0.3) is 0 Å². The molecule has 0 heterocycles. The van der Waals surface area contributed by atoms with Gasteiger partial charge in [-0.15, -0.1) is 0 Å². The Kier molecular flexibility index (Phi) is 8.60. The summed E-state index contributed by atoms with van der Waals surface area (Å²) in [5.41, 5.74) is 15.2. The molecule has 1 aliphatic rings. The molecule has 0 aliphatic heterocycles. The zero-order valence-corrected chi connectivity index (χ0v) is 18.8. The van der Waals surface area contributed by atoms with Crippen LogP contribution in [0.1, 0.15) is 36.8 Å². The fourth-order valence-corrected chi connectivity index (χ4v) is 3.87. The van der Waals surface area contributed by atoms with Crippen molar-refractivity contribution in [3.63, 3.8) is 0 Å². The molecule has 6 N–H and O–H groups in total. The number of nitrogens with one attached hydrogen (secondary N) is 6. The number of hydrogen-bond acceptors (Lipinski definition) is 4. The van der Waals surface area contributed by atoms with E-state index in [2.05, 4.69) is 32.3 Å². The highest BCUT2D eigenvalue weighted by molar-refractivity contribution is 5.76. The Morgan fingerprint density at radius 3 is 1.53 bits per heavy atom. The average molecular weight is 439 g/mol. The molecule has 0 saturated heterocycles. The van der Waals surface area contributed by atoms with E-state index in [4.69, 9.17) is 0 Å². The Morgan fingerprint density at radius 2 is 1.12 bits per heavy atom. The second-order valence-corrected chi connectivity index (χ2v) is 8.55. The van der Waals surface area contributed by atoms with E-state index in [-0.39, 0.29) is 12.1 Å². The van der Waals surface area contributed by atoms with Gasteiger partial charge in [-0.05, 0) is 69.2 Å². The molecule has 1 saturated carbocycles. The molecule has 2 aromatic carbocycles. The van der Waals surface area contributed by atoms with E-state index in [0.29, 0.717) is 24.9 Å². The van der Waals surface area contributed by atoms with Gasteiger partial charge in [-0.1, -0.05) is 41.8 Å². The van der Waals surface area contributed by atoms with Crippen LogP contribution in [-0.4, -0.2) is 25.2 Å². The first-order valence-electron chi connectivity index (χ1n) is 11.2. The minimum absolute atomic E-state index is 0.243. The van der Waals surface area contributed by atoms with E-state index in [0.717, 1.165) is 37.1 Å². The topological polar surface area (TPSA) is 106 Å². The molecule has 3 rings (SSSR count). The van der Waals surface area contributed by atoms with Crippen LogP contribution in [0.4, 0.5) is 21.0 Å². The predicted octanol–water partition coefficient (Wildman–Crippen LogP) is 4.06. The standard InChI is InChI=1S/C24H34N6O2/c1-17-6-10-21(11-7-17)27-29-23(31)25-15-19-4-3-5-20(14-19)16-26-24(32)30-28-22-12-8-18(2)9-13-22/h6-13,19-20,27-28H,3-5,14-16H2,1-2H3,(H2,25,29,31)(H2,26,30,32)/t19-,20-/m0/s1. The number of benzene rings is 2. The lowest BCUT2D eigenvalue weighted by atomic mass is 9.81. The van der Waals surface area contributed by atoms with E-state index >= 15 is 0 Å². The van der Waals surface area contributed by atoms with Crippen molar-refractivity contribution in [2.75, 3.05) is 23.9 Å². The van der Waals surface area contributed by atoms with Crippen LogP contribution in [0.15, 0.2) is 48.5 Å². The van der Waals surface area contributed by atoms with Gasteiger partial charge in [0.1, 0.15) is 0 Å². The van der Waals surface area contributed by atoms with Gasteiger partial charge >= 0.3 is 12.1 Å². The molecular formula is C24H34N6O2. The SMILES string of the molecule is Cc1ccc(NNC(=O)NC[C@H]2CCC[C@H](CNC(=O)NNc3ccc(C)cc3)C2)cc1. The fraction of sp³-hybridized carbons (Fsp3) is 0.417. The Bertz CT molecular complexity index is 798. The summed E-state index contributed by atoms with van der Waals surface area (Å²) in [7, 11) is 0. The van der Waals surface area contributed by atoms with Crippen LogP contribution in [-0.2, 0) is 0 Å². The second kappa shape index (κ2) is 11.8. The van der Waals surface area contributed by atoms with E-state index in [9.17, 15) is 9.59 Å². The maximum Gasteiger partial charge on any atom is 0.333 e. The predicted molar refractivity (Wildman–Crippen MR) is 128 cm³/mol. The van der Waals surface area contributed by atoms with Crippen LogP contribution in [0.3, 0.4) is 0 Å². The fourth-order valence-electron chi connectivity index (χ4n) is 3.87. The molecule has 8 nitrogen and oxygen atoms in total. The average Bonchev–Trinajstić information content (AvgIpc) is 2.81. The van der Waals surface area contributed by atoms with Crippen LogP contribution in [0.2, 0.25) is 0 Å². The van der Waals surface area contributed by atoms with Crippen LogP contribution >= 0.6 is 0 Å². The zero-order valence-electron chi connectivity index (χ0n) is 18.8. The largest absolute Gasteiger partial charge is 0.336 e. The summed E-state index contributed by atoms with van der Waals surface area (Å²) in [6, 6.07) is 15.1. The van der Waals surface area contributed by atoms with Gasteiger partial charge in [-0.3, -0.25) is 21.7 Å². The first-order valence-corrected chi connectivity index (χ1v) is 11.2. The molecule has 2 aromatic rings. The van der Waals surface area contributed by atoms with Crippen molar-refractivity contribution in [3.05, 3.63) is 59.7 Å². The van der Waals surface area contributed by atoms with Crippen molar-refractivity contribution in [3.8, 4) is 0 Å². The summed E-state index contributed by atoms with van der Waals surface area (Å²) < 4.78 is 0. The summed E-state index contributed by atoms with van der Waals surface area (Å²) in [5, 5.41) is 5.88. The Hall–Kier alpha value is -3.42. The summed E-state index contributed by atoms with van der Waals surface area (Å²) in [5.74, 6) is 0.823. The van der Waals surface area contributed by atoms with Gasteiger partial charge in [0.15, 0.2) is 0 Å². The van der Waals surface area contributed by atoms with Crippen molar-refractivity contribution in [2.45, 2.75) is 39.5 Å². The van der Waals surface area contributed by atoms with Crippen molar-refractivity contribution < 1.29 is 9.59 Å². The molecule has 0 unspecified atom stereocenters. The van der Waals surface area contributed by atoms with Crippen molar-refractivity contribution >= 4 is 23.4 Å². The minimum Gasteiger partial charge on any atom is -0.336 e. The number of hydrogen-bond donors (Lipinski definition) is 6. The van der Waals surface area contributed by atoms with Crippen molar-refractivity contribution in [2.24, 2.45) is 11.8 Å². The van der Waals surface area contributed by atoms with E-state index in [1.807, 2.05) is 62.4 Å². The molecule has 172 valence electrons. The molecule has 1 fully saturated rings. The van der Waals surface area contributed by atoms with E-state index in [1.165, 1.54) is 11.1 Å². The Morgan fingerprint density at radius 1 is 0.719 bits per heavy atom. The number of anilines is 2. The maximum absolute atomic E-state index is 12.1. The van der Waals surface area contributed by atoms with Crippen molar-refractivity contribution in [1.82, 2.24) is 21.5 Å². The summed E-state index contributed by atoms with van der Waals surface area (Å²) in [4.78, 5) is 24.1. The van der Waals surface area contributed by atoms with Gasteiger partial charge < -0.3 is 10.6 Å². The number of carbonyl (C=O) groups is 2. The lowest BCUT2D eigenvalue weighted by Crippen LogP contribution is -2.43.